The Hall–Kier alpha value is -2.53. The lowest BCUT2D eigenvalue weighted by atomic mass is 10.2. The number of carbonyl (C=O) groups is 1. The fourth-order valence-corrected chi connectivity index (χ4v) is 4.84. The summed E-state index contributed by atoms with van der Waals surface area (Å²) in [4.78, 5) is 16.4. The topological polar surface area (TPSA) is 77.6 Å². The summed E-state index contributed by atoms with van der Waals surface area (Å²) in [7, 11) is 0. The van der Waals surface area contributed by atoms with E-state index < -0.39 is 0 Å². The average molecular weight is 461 g/mol. The van der Waals surface area contributed by atoms with Crippen LogP contribution in [0.4, 0.5) is 5.69 Å². The van der Waals surface area contributed by atoms with Gasteiger partial charge in [0.25, 0.3) is 0 Å². The summed E-state index contributed by atoms with van der Waals surface area (Å²) in [5, 5.41) is 12.0. The molecule has 1 N–H and O–H groups in total. The maximum absolute atomic E-state index is 12.5. The number of halogens is 1. The first-order valence-corrected chi connectivity index (χ1v) is 10.9. The Balaban J connectivity index is 1.46. The molecule has 0 unspecified atom stereocenters. The Morgan fingerprint density at radius 2 is 2.07 bits per heavy atom. The second-order valence-electron chi connectivity index (χ2n) is 5.72. The van der Waals surface area contributed by atoms with Crippen LogP contribution in [-0.2, 0) is 4.79 Å². The van der Waals surface area contributed by atoms with Crippen LogP contribution in [0.15, 0.2) is 65.5 Å². The van der Waals surface area contributed by atoms with Crippen LogP contribution in [0.2, 0.25) is 5.02 Å². The van der Waals surface area contributed by atoms with Crippen molar-refractivity contribution < 1.29 is 4.79 Å². The molecule has 11 heteroatoms. The van der Waals surface area contributed by atoms with E-state index in [2.05, 4.69) is 20.5 Å². The van der Waals surface area contributed by atoms with Crippen molar-refractivity contribution in [3.63, 3.8) is 0 Å². The molecule has 2 aromatic carbocycles. The van der Waals surface area contributed by atoms with Gasteiger partial charge in [-0.2, -0.15) is 5.10 Å². The molecule has 4 aromatic rings. The predicted octanol–water partition coefficient (Wildman–Crippen LogP) is 4.63. The molecule has 2 aromatic heterocycles. The van der Waals surface area contributed by atoms with E-state index in [-0.39, 0.29) is 11.7 Å². The third kappa shape index (κ3) is 4.73. The van der Waals surface area contributed by atoms with Gasteiger partial charge in [0.05, 0.1) is 22.8 Å². The van der Waals surface area contributed by atoms with Gasteiger partial charge in [0.15, 0.2) is 8.29 Å². The van der Waals surface area contributed by atoms with Gasteiger partial charge in [0, 0.05) is 5.02 Å². The highest BCUT2D eigenvalue weighted by atomic mass is 35.5. The molecule has 0 aliphatic carbocycles. The minimum absolute atomic E-state index is 0.181. The van der Waals surface area contributed by atoms with Crippen molar-refractivity contribution in [2.75, 3.05) is 11.1 Å². The van der Waals surface area contributed by atoms with Crippen LogP contribution in [0.1, 0.15) is 0 Å². The lowest BCUT2D eigenvalue weighted by Gasteiger charge is -2.11. The first-order chi connectivity index (χ1) is 14.1. The molecule has 0 fully saturated rings. The monoisotopic (exact) mass is 460 g/mol. The second kappa shape index (κ2) is 8.87. The molecule has 0 saturated carbocycles. The molecule has 29 heavy (non-hydrogen) atoms. The zero-order chi connectivity index (χ0) is 20.2. The summed E-state index contributed by atoms with van der Waals surface area (Å²) in [6.45, 7) is 0. The summed E-state index contributed by atoms with van der Waals surface area (Å²) in [6, 6.07) is 14.8. The van der Waals surface area contributed by atoms with Crippen LogP contribution in [0, 0.1) is 3.95 Å². The number of benzene rings is 2. The summed E-state index contributed by atoms with van der Waals surface area (Å²) in [5.41, 5.74) is 2.12. The van der Waals surface area contributed by atoms with Crippen LogP contribution in [0.5, 0.6) is 0 Å². The molecule has 0 spiro atoms. The minimum atomic E-state index is -0.189. The van der Waals surface area contributed by atoms with Crippen LogP contribution in [0.25, 0.3) is 11.4 Å². The SMILES string of the molecule is O=C(CSc1nn(-c2ccccc2)c(=S)s1)Nc1cc(Cl)ccc1-n1cncn1. The molecule has 2 heterocycles. The highest BCUT2D eigenvalue weighted by Crippen LogP contribution is 2.26. The first kappa shape index (κ1) is 19.8. The Morgan fingerprint density at radius 1 is 1.24 bits per heavy atom. The fourth-order valence-electron chi connectivity index (χ4n) is 2.51. The number of hydrogen-bond donors (Lipinski definition) is 1. The number of aromatic nitrogens is 5. The van der Waals surface area contributed by atoms with E-state index in [0.717, 1.165) is 10.0 Å². The number of hydrogen-bond acceptors (Lipinski definition) is 7. The summed E-state index contributed by atoms with van der Waals surface area (Å²) < 4.78 is 4.60. The van der Waals surface area contributed by atoms with Crippen molar-refractivity contribution in [2.45, 2.75) is 4.34 Å². The Kier molecular flexibility index (Phi) is 6.05. The van der Waals surface area contributed by atoms with Gasteiger partial charge in [-0.25, -0.2) is 14.3 Å². The smallest absolute Gasteiger partial charge is 0.234 e. The molecule has 0 aliphatic heterocycles. The molecule has 0 radical (unpaired) electrons. The Bertz CT molecular complexity index is 1190. The van der Waals surface area contributed by atoms with E-state index in [9.17, 15) is 4.79 Å². The number of nitrogens with zero attached hydrogens (tertiary/aromatic N) is 5. The van der Waals surface area contributed by atoms with Gasteiger partial charge in [0.2, 0.25) is 5.91 Å². The van der Waals surface area contributed by atoms with Gasteiger partial charge >= 0.3 is 0 Å². The lowest BCUT2D eigenvalue weighted by molar-refractivity contribution is -0.113. The van der Waals surface area contributed by atoms with Crippen molar-refractivity contribution in [1.29, 1.82) is 0 Å². The number of amides is 1. The van der Waals surface area contributed by atoms with Crippen LogP contribution in [0.3, 0.4) is 0 Å². The zero-order valence-corrected chi connectivity index (χ0v) is 17.9. The van der Waals surface area contributed by atoms with Gasteiger partial charge in [-0.1, -0.05) is 52.9 Å². The Morgan fingerprint density at radius 3 is 2.83 bits per heavy atom. The maximum Gasteiger partial charge on any atom is 0.234 e. The summed E-state index contributed by atoms with van der Waals surface area (Å²) in [5.74, 6) is -0.00794. The fraction of sp³-hybridized carbons (Fsp3) is 0.0556. The van der Waals surface area contributed by atoms with Crippen molar-refractivity contribution in [1.82, 2.24) is 24.5 Å². The first-order valence-electron chi connectivity index (χ1n) is 8.33. The molecule has 1 amide bonds. The summed E-state index contributed by atoms with van der Waals surface area (Å²) >= 11 is 14.2. The molecule has 0 saturated heterocycles. The normalized spacial score (nSPS) is 10.8. The molecule has 0 aliphatic rings. The van der Waals surface area contributed by atoms with Crippen molar-refractivity contribution in [3.05, 3.63) is 70.2 Å². The Labute approximate surface area is 184 Å². The number of anilines is 1. The highest BCUT2D eigenvalue weighted by Gasteiger charge is 2.13. The van der Waals surface area contributed by atoms with Gasteiger partial charge < -0.3 is 5.32 Å². The standard InChI is InChI=1S/C18H13ClN6OS3/c19-12-6-7-15(24-11-20-10-21-24)14(8-12)22-16(26)9-28-17-23-25(18(27)29-17)13-4-2-1-3-5-13/h1-8,10-11H,9H2,(H,22,26). The van der Waals surface area contributed by atoms with E-state index in [1.807, 2.05) is 30.3 Å². The van der Waals surface area contributed by atoms with E-state index in [1.165, 1.54) is 29.4 Å². The van der Waals surface area contributed by atoms with Crippen molar-refractivity contribution in [3.8, 4) is 11.4 Å². The third-order valence-electron chi connectivity index (χ3n) is 3.75. The van der Waals surface area contributed by atoms with Crippen LogP contribution >= 0.6 is 46.9 Å². The quantitative estimate of drug-likeness (QED) is 0.334. The van der Waals surface area contributed by atoms with E-state index >= 15 is 0 Å². The largest absolute Gasteiger partial charge is 0.323 e. The summed E-state index contributed by atoms with van der Waals surface area (Å²) in [6.07, 6.45) is 2.98. The highest BCUT2D eigenvalue weighted by molar-refractivity contribution is 8.01. The van der Waals surface area contributed by atoms with Crippen molar-refractivity contribution in [2.24, 2.45) is 0 Å². The van der Waals surface area contributed by atoms with Crippen molar-refractivity contribution >= 4 is 58.5 Å². The molecule has 4 rings (SSSR count). The number of para-hydroxylation sites is 1. The predicted molar refractivity (Wildman–Crippen MR) is 118 cm³/mol. The zero-order valence-electron chi connectivity index (χ0n) is 14.7. The molecule has 0 atom stereocenters. The van der Waals surface area contributed by atoms with Gasteiger partial charge in [-0.05, 0) is 42.5 Å². The van der Waals surface area contributed by atoms with E-state index in [4.69, 9.17) is 23.8 Å². The number of carbonyl (C=O) groups excluding carboxylic acids is 1. The molecule has 0 bridgehead atoms. The van der Waals surface area contributed by atoms with Gasteiger partial charge in [-0.15, -0.1) is 5.10 Å². The number of nitrogens with one attached hydrogen (secondary N) is 1. The van der Waals surface area contributed by atoms with Crippen LogP contribution in [-0.4, -0.2) is 36.2 Å². The third-order valence-corrected chi connectivity index (χ3v) is 6.36. The average Bonchev–Trinajstić information content (AvgIpc) is 3.37. The second-order valence-corrected chi connectivity index (χ2v) is 9.00. The molecular formula is C18H13ClN6OS3. The van der Waals surface area contributed by atoms with Crippen LogP contribution < -0.4 is 5.32 Å². The maximum atomic E-state index is 12.5. The molecule has 7 nitrogen and oxygen atoms in total. The van der Waals surface area contributed by atoms with Gasteiger partial charge in [-0.3, -0.25) is 4.79 Å². The number of thioether (sulfide) groups is 1. The number of rotatable bonds is 6. The lowest BCUT2D eigenvalue weighted by Crippen LogP contribution is -2.16. The van der Waals surface area contributed by atoms with E-state index in [0.29, 0.717) is 20.4 Å². The van der Waals surface area contributed by atoms with E-state index in [1.54, 1.807) is 33.9 Å². The minimum Gasteiger partial charge on any atom is -0.323 e. The van der Waals surface area contributed by atoms with Gasteiger partial charge in [0.1, 0.15) is 12.7 Å². The molecule has 146 valence electrons. The molecular weight excluding hydrogens is 448 g/mol.